The molecule has 0 bridgehead atoms. The van der Waals surface area contributed by atoms with Crippen LogP contribution in [0.3, 0.4) is 0 Å². The molecule has 0 saturated carbocycles. The summed E-state index contributed by atoms with van der Waals surface area (Å²) in [7, 11) is 0. The van der Waals surface area contributed by atoms with E-state index in [0.717, 1.165) is 22.6 Å². The third-order valence-electron chi connectivity index (χ3n) is 4.73. The molecule has 0 aliphatic rings. The molecule has 0 radical (unpaired) electrons. The average Bonchev–Trinajstić information content (AvgIpc) is 2.93. The van der Waals surface area contributed by atoms with Crippen molar-refractivity contribution in [3.05, 3.63) is 88.6 Å². The van der Waals surface area contributed by atoms with Crippen LogP contribution >= 0.6 is 11.8 Å². The second-order valence-corrected chi connectivity index (χ2v) is 7.63. The van der Waals surface area contributed by atoms with Crippen molar-refractivity contribution in [1.29, 1.82) is 5.26 Å². The molecule has 0 fully saturated rings. The molecule has 3 rings (SSSR count). The quantitative estimate of drug-likeness (QED) is 0.625. The van der Waals surface area contributed by atoms with Crippen LogP contribution in [0.1, 0.15) is 27.9 Å². The molecule has 1 amide bonds. The van der Waals surface area contributed by atoms with Gasteiger partial charge < -0.3 is 9.88 Å². The fourth-order valence-corrected chi connectivity index (χ4v) is 3.89. The van der Waals surface area contributed by atoms with Gasteiger partial charge in [-0.3, -0.25) is 4.79 Å². The van der Waals surface area contributed by atoms with Crippen LogP contribution in [-0.4, -0.2) is 16.2 Å². The van der Waals surface area contributed by atoms with Gasteiger partial charge in [-0.15, -0.1) is 11.8 Å². The maximum Gasteiger partial charge on any atom is 0.235 e. The molecule has 28 heavy (non-hydrogen) atoms. The Balaban J connectivity index is 1.73. The standard InChI is InChI=1S/C23H23N3OS/c1-17-18(2)26(14-19-9-5-3-6-10-19)23(21(17)13-24)25-22(27)16-28-15-20-11-7-4-8-12-20/h3-12H,14-16H2,1-2H3,(H,25,27). The molecule has 0 aliphatic heterocycles. The number of nitrogens with zero attached hydrogens (tertiary/aromatic N) is 2. The lowest BCUT2D eigenvalue weighted by Crippen LogP contribution is -2.18. The zero-order chi connectivity index (χ0) is 19.9. The SMILES string of the molecule is Cc1c(C#N)c(NC(=O)CSCc2ccccc2)n(Cc2ccccc2)c1C. The van der Waals surface area contributed by atoms with Gasteiger partial charge >= 0.3 is 0 Å². The minimum absolute atomic E-state index is 0.0933. The highest BCUT2D eigenvalue weighted by Crippen LogP contribution is 2.27. The molecule has 1 aromatic heterocycles. The van der Waals surface area contributed by atoms with Crippen LogP contribution in [0.15, 0.2) is 60.7 Å². The van der Waals surface area contributed by atoms with Crippen molar-refractivity contribution in [3.8, 4) is 6.07 Å². The maximum atomic E-state index is 12.5. The van der Waals surface area contributed by atoms with E-state index in [-0.39, 0.29) is 5.91 Å². The summed E-state index contributed by atoms with van der Waals surface area (Å²) >= 11 is 1.56. The Kier molecular flexibility index (Phi) is 6.57. The van der Waals surface area contributed by atoms with Gasteiger partial charge in [-0.2, -0.15) is 5.26 Å². The van der Waals surface area contributed by atoms with Crippen molar-refractivity contribution in [3.63, 3.8) is 0 Å². The molecule has 1 N–H and O–H groups in total. The van der Waals surface area contributed by atoms with Gasteiger partial charge in [0.1, 0.15) is 11.9 Å². The number of aromatic nitrogens is 1. The molecule has 0 atom stereocenters. The van der Waals surface area contributed by atoms with Crippen molar-refractivity contribution in [1.82, 2.24) is 4.57 Å². The third kappa shape index (κ3) is 4.65. The zero-order valence-electron chi connectivity index (χ0n) is 16.1. The second kappa shape index (κ2) is 9.29. The van der Waals surface area contributed by atoms with E-state index in [4.69, 9.17) is 0 Å². The molecule has 0 aliphatic carbocycles. The van der Waals surface area contributed by atoms with Crippen LogP contribution in [-0.2, 0) is 17.1 Å². The van der Waals surface area contributed by atoms with Crippen LogP contribution in [0.25, 0.3) is 0 Å². The Morgan fingerprint density at radius 2 is 1.64 bits per heavy atom. The van der Waals surface area contributed by atoms with Gasteiger partial charge in [0.15, 0.2) is 0 Å². The summed E-state index contributed by atoms with van der Waals surface area (Å²) in [5, 5.41) is 12.6. The number of benzene rings is 2. The number of amides is 1. The number of thioether (sulfide) groups is 1. The van der Waals surface area contributed by atoms with Gasteiger partial charge in [0.25, 0.3) is 0 Å². The fraction of sp³-hybridized carbons (Fsp3) is 0.217. The number of rotatable bonds is 7. The predicted molar refractivity (Wildman–Crippen MR) is 115 cm³/mol. The lowest BCUT2D eigenvalue weighted by atomic mass is 10.2. The Labute approximate surface area is 170 Å². The van der Waals surface area contributed by atoms with E-state index in [9.17, 15) is 10.1 Å². The molecule has 0 saturated heterocycles. The van der Waals surface area contributed by atoms with E-state index in [1.165, 1.54) is 5.56 Å². The van der Waals surface area contributed by atoms with Gasteiger partial charge in [-0.25, -0.2) is 0 Å². The average molecular weight is 390 g/mol. The summed E-state index contributed by atoms with van der Waals surface area (Å²) < 4.78 is 2.02. The molecule has 0 spiro atoms. The first-order valence-electron chi connectivity index (χ1n) is 9.15. The van der Waals surface area contributed by atoms with E-state index < -0.39 is 0 Å². The third-order valence-corrected chi connectivity index (χ3v) is 5.73. The van der Waals surface area contributed by atoms with E-state index in [2.05, 4.69) is 23.5 Å². The molecule has 0 unspecified atom stereocenters. The zero-order valence-corrected chi connectivity index (χ0v) is 16.9. The Hall–Kier alpha value is -2.97. The molecule has 4 nitrogen and oxygen atoms in total. The van der Waals surface area contributed by atoms with Crippen molar-refractivity contribution >= 4 is 23.5 Å². The van der Waals surface area contributed by atoms with E-state index in [0.29, 0.717) is 23.7 Å². The molecular weight excluding hydrogens is 366 g/mol. The Morgan fingerprint density at radius 1 is 1.04 bits per heavy atom. The first-order valence-corrected chi connectivity index (χ1v) is 10.3. The van der Waals surface area contributed by atoms with E-state index in [1.54, 1.807) is 11.8 Å². The van der Waals surface area contributed by atoms with Crippen LogP contribution < -0.4 is 5.32 Å². The summed E-state index contributed by atoms with van der Waals surface area (Å²) in [6.45, 7) is 4.52. The number of carbonyl (C=O) groups excluding carboxylic acids is 1. The minimum atomic E-state index is -0.0933. The molecule has 1 heterocycles. The molecule has 2 aromatic carbocycles. The lowest BCUT2D eigenvalue weighted by molar-refractivity contribution is -0.113. The van der Waals surface area contributed by atoms with Crippen LogP contribution in [0, 0.1) is 25.2 Å². The topological polar surface area (TPSA) is 57.8 Å². The highest BCUT2D eigenvalue weighted by molar-refractivity contribution is 7.99. The van der Waals surface area contributed by atoms with Crippen molar-refractivity contribution in [2.45, 2.75) is 26.1 Å². The Bertz CT molecular complexity index is 988. The van der Waals surface area contributed by atoms with Gasteiger partial charge in [0.2, 0.25) is 5.91 Å². The number of nitrogens with one attached hydrogen (secondary N) is 1. The molecule has 3 aromatic rings. The van der Waals surface area contributed by atoms with Gasteiger partial charge in [-0.05, 0) is 30.5 Å². The number of hydrogen-bond donors (Lipinski definition) is 1. The number of carbonyl (C=O) groups is 1. The molecular formula is C23H23N3OS. The van der Waals surface area contributed by atoms with Gasteiger partial charge in [0, 0.05) is 18.0 Å². The smallest absolute Gasteiger partial charge is 0.235 e. The minimum Gasteiger partial charge on any atom is -0.326 e. The van der Waals surface area contributed by atoms with Crippen LogP contribution in [0.4, 0.5) is 5.82 Å². The van der Waals surface area contributed by atoms with Crippen molar-refractivity contribution < 1.29 is 4.79 Å². The fourth-order valence-electron chi connectivity index (χ4n) is 3.10. The largest absolute Gasteiger partial charge is 0.326 e. The van der Waals surface area contributed by atoms with E-state index >= 15 is 0 Å². The maximum absolute atomic E-state index is 12.5. The first kappa shape index (κ1) is 19.8. The summed E-state index contributed by atoms with van der Waals surface area (Å²) in [6, 6.07) is 22.4. The van der Waals surface area contributed by atoms with Gasteiger partial charge in [-0.1, -0.05) is 60.7 Å². The highest BCUT2D eigenvalue weighted by atomic mass is 32.2. The van der Waals surface area contributed by atoms with Crippen LogP contribution in [0.5, 0.6) is 0 Å². The predicted octanol–water partition coefficient (Wildman–Crippen LogP) is 4.90. The second-order valence-electron chi connectivity index (χ2n) is 6.64. The summed E-state index contributed by atoms with van der Waals surface area (Å²) in [5.74, 6) is 1.62. The van der Waals surface area contributed by atoms with Crippen molar-refractivity contribution in [2.24, 2.45) is 0 Å². The number of nitriles is 1. The normalized spacial score (nSPS) is 10.5. The first-order chi connectivity index (χ1) is 13.6. The number of anilines is 1. The summed E-state index contributed by atoms with van der Waals surface area (Å²) in [6.07, 6.45) is 0. The Morgan fingerprint density at radius 3 is 2.25 bits per heavy atom. The summed E-state index contributed by atoms with van der Waals surface area (Å²) in [5.41, 5.74) is 4.75. The highest BCUT2D eigenvalue weighted by Gasteiger charge is 2.19. The molecule has 5 heteroatoms. The summed E-state index contributed by atoms with van der Waals surface area (Å²) in [4.78, 5) is 12.5. The molecule has 142 valence electrons. The monoisotopic (exact) mass is 389 g/mol. The van der Waals surface area contributed by atoms with Crippen LogP contribution in [0.2, 0.25) is 0 Å². The van der Waals surface area contributed by atoms with Crippen molar-refractivity contribution in [2.75, 3.05) is 11.1 Å². The van der Waals surface area contributed by atoms with E-state index in [1.807, 2.05) is 66.9 Å². The number of hydrogen-bond acceptors (Lipinski definition) is 3. The van der Waals surface area contributed by atoms with Gasteiger partial charge in [0.05, 0.1) is 11.3 Å². The lowest BCUT2D eigenvalue weighted by Gasteiger charge is -2.13.